The van der Waals surface area contributed by atoms with E-state index in [2.05, 4.69) is 9.47 Å². The van der Waals surface area contributed by atoms with Gasteiger partial charge in [-0.1, -0.05) is 6.92 Å². The highest BCUT2D eigenvalue weighted by Crippen LogP contribution is 2.17. The minimum Gasteiger partial charge on any atom is -0.459 e. The van der Waals surface area contributed by atoms with Crippen LogP contribution in [0.15, 0.2) is 0 Å². The lowest BCUT2D eigenvalue weighted by Gasteiger charge is -2.20. The zero-order valence-corrected chi connectivity index (χ0v) is 13.7. The van der Waals surface area contributed by atoms with Gasteiger partial charge in [-0.05, 0) is 45.3 Å². The van der Waals surface area contributed by atoms with E-state index in [1.807, 2.05) is 11.8 Å². The number of hydrogen-bond acceptors (Lipinski definition) is 5. The predicted octanol–water partition coefficient (Wildman–Crippen LogP) is 3.08. The van der Waals surface area contributed by atoms with Crippen LogP contribution in [0.2, 0.25) is 0 Å². The van der Waals surface area contributed by atoms with Crippen molar-refractivity contribution >= 4 is 11.9 Å². The highest BCUT2D eigenvalue weighted by atomic mass is 19.4. The first-order valence-electron chi connectivity index (χ1n) is 7.68. The van der Waals surface area contributed by atoms with Crippen LogP contribution in [0.1, 0.15) is 32.6 Å². The van der Waals surface area contributed by atoms with E-state index in [1.54, 1.807) is 0 Å². The van der Waals surface area contributed by atoms with Gasteiger partial charge in [-0.3, -0.25) is 0 Å². The highest BCUT2D eigenvalue weighted by molar-refractivity contribution is 5.75. The fourth-order valence-corrected chi connectivity index (χ4v) is 1.80. The summed E-state index contributed by atoms with van der Waals surface area (Å²) in [6.07, 6.45) is -8.46. The molecule has 0 aliphatic heterocycles. The fraction of sp³-hybridized carbons (Fsp3) is 0.857. The lowest BCUT2D eigenvalue weighted by Crippen LogP contribution is -2.28. The standard InChI is InChI=1S/C14H21F6NO4/c1-2-21(7-3-5-9-24-11(22)13(15,16)17)8-4-6-10-25-12(23)14(18,19)20/h2-10H2,1H3. The quantitative estimate of drug-likeness (QED) is 0.313. The zero-order chi connectivity index (χ0) is 19.5. The molecule has 0 aliphatic rings. The number of hydrogen-bond donors (Lipinski definition) is 0. The Bertz CT molecular complexity index is 375. The smallest absolute Gasteiger partial charge is 0.459 e. The average molecular weight is 381 g/mol. The minimum absolute atomic E-state index is 0.265. The third-order valence-corrected chi connectivity index (χ3v) is 3.11. The van der Waals surface area contributed by atoms with Crippen molar-refractivity contribution < 1.29 is 45.4 Å². The lowest BCUT2D eigenvalue weighted by atomic mass is 10.2. The maximum absolute atomic E-state index is 11.9. The maximum atomic E-state index is 11.9. The van der Waals surface area contributed by atoms with Crippen molar-refractivity contribution in [1.29, 1.82) is 0 Å². The molecule has 0 spiro atoms. The van der Waals surface area contributed by atoms with E-state index in [9.17, 15) is 35.9 Å². The Hall–Kier alpha value is -1.52. The molecule has 0 N–H and O–H groups in total. The van der Waals surface area contributed by atoms with Crippen LogP contribution in [0.3, 0.4) is 0 Å². The van der Waals surface area contributed by atoms with Crippen LogP contribution in [0, 0.1) is 0 Å². The van der Waals surface area contributed by atoms with Crippen LogP contribution in [0.25, 0.3) is 0 Å². The summed E-state index contributed by atoms with van der Waals surface area (Å²) in [6.45, 7) is 2.93. The summed E-state index contributed by atoms with van der Waals surface area (Å²) >= 11 is 0. The first kappa shape index (κ1) is 23.5. The molecular weight excluding hydrogens is 360 g/mol. The molecule has 0 atom stereocenters. The average Bonchev–Trinajstić information content (AvgIpc) is 2.49. The molecule has 0 aliphatic carbocycles. The van der Waals surface area contributed by atoms with Crippen LogP contribution >= 0.6 is 0 Å². The Morgan fingerprint density at radius 3 is 1.40 bits per heavy atom. The first-order chi connectivity index (χ1) is 11.5. The first-order valence-corrected chi connectivity index (χ1v) is 7.68. The number of ether oxygens (including phenoxy) is 2. The maximum Gasteiger partial charge on any atom is 0.490 e. The second-order valence-electron chi connectivity index (χ2n) is 5.12. The van der Waals surface area contributed by atoms with Gasteiger partial charge in [-0.2, -0.15) is 26.3 Å². The number of unbranched alkanes of at least 4 members (excludes halogenated alkanes) is 2. The zero-order valence-electron chi connectivity index (χ0n) is 13.7. The van der Waals surface area contributed by atoms with Crippen molar-refractivity contribution in [2.45, 2.75) is 45.0 Å². The van der Waals surface area contributed by atoms with Gasteiger partial charge in [0.1, 0.15) is 0 Å². The van der Waals surface area contributed by atoms with E-state index in [4.69, 9.17) is 0 Å². The number of alkyl halides is 6. The van der Waals surface area contributed by atoms with Gasteiger partial charge in [0.15, 0.2) is 0 Å². The van der Waals surface area contributed by atoms with Crippen LogP contribution < -0.4 is 0 Å². The number of esters is 2. The number of carbonyl (C=O) groups excluding carboxylic acids is 2. The molecule has 0 heterocycles. The monoisotopic (exact) mass is 381 g/mol. The van der Waals surface area contributed by atoms with Crippen LogP contribution in [-0.2, 0) is 19.1 Å². The summed E-state index contributed by atoms with van der Waals surface area (Å²) in [5.74, 6) is -4.43. The van der Waals surface area contributed by atoms with Crippen molar-refractivity contribution in [2.24, 2.45) is 0 Å². The molecule has 0 saturated heterocycles. The Morgan fingerprint density at radius 2 is 1.12 bits per heavy atom. The van der Waals surface area contributed by atoms with Crippen molar-refractivity contribution in [2.75, 3.05) is 32.8 Å². The molecule has 0 unspecified atom stereocenters. The number of nitrogens with zero attached hydrogens (tertiary/aromatic N) is 1. The normalized spacial score (nSPS) is 12.3. The summed E-state index contributed by atoms with van der Waals surface area (Å²) < 4.78 is 79.4. The Balaban J connectivity index is 3.73. The molecule has 11 heteroatoms. The molecule has 5 nitrogen and oxygen atoms in total. The third-order valence-electron chi connectivity index (χ3n) is 3.11. The molecule has 0 aromatic carbocycles. The second-order valence-corrected chi connectivity index (χ2v) is 5.12. The minimum atomic E-state index is -5.00. The summed E-state index contributed by atoms with van der Waals surface area (Å²) in [4.78, 5) is 22.9. The molecule has 148 valence electrons. The molecule has 0 aromatic rings. The highest BCUT2D eigenvalue weighted by Gasteiger charge is 2.41. The molecule has 25 heavy (non-hydrogen) atoms. The number of halogens is 6. The van der Waals surface area contributed by atoms with Gasteiger partial charge in [0.05, 0.1) is 13.2 Å². The van der Waals surface area contributed by atoms with E-state index in [-0.39, 0.29) is 26.1 Å². The van der Waals surface area contributed by atoms with E-state index < -0.39 is 24.3 Å². The third kappa shape index (κ3) is 11.6. The van der Waals surface area contributed by atoms with E-state index >= 15 is 0 Å². The largest absolute Gasteiger partial charge is 0.490 e. The molecule has 0 fully saturated rings. The van der Waals surface area contributed by atoms with Gasteiger partial charge < -0.3 is 14.4 Å². The molecule has 0 bridgehead atoms. The summed E-state index contributed by atoms with van der Waals surface area (Å²) in [6, 6.07) is 0. The van der Waals surface area contributed by atoms with E-state index in [1.165, 1.54) is 0 Å². The van der Waals surface area contributed by atoms with Crippen molar-refractivity contribution in [1.82, 2.24) is 4.90 Å². The Labute approximate surface area is 141 Å². The van der Waals surface area contributed by atoms with Crippen LogP contribution in [0.5, 0.6) is 0 Å². The van der Waals surface area contributed by atoms with E-state index in [0.29, 0.717) is 32.5 Å². The SMILES string of the molecule is CCN(CCCCOC(=O)C(F)(F)F)CCCCOC(=O)C(F)(F)F. The Morgan fingerprint density at radius 1 is 0.760 bits per heavy atom. The van der Waals surface area contributed by atoms with Crippen molar-refractivity contribution in [3.05, 3.63) is 0 Å². The Kier molecular flexibility index (Phi) is 10.5. The van der Waals surface area contributed by atoms with Gasteiger partial charge >= 0.3 is 24.3 Å². The molecular formula is C14H21F6NO4. The van der Waals surface area contributed by atoms with Crippen LogP contribution in [0.4, 0.5) is 26.3 Å². The summed E-state index contributed by atoms with van der Waals surface area (Å²) in [5, 5.41) is 0. The van der Waals surface area contributed by atoms with Gasteiger partial charge in [0, 0.05) is 0 Å². The molecule has 0 radical (unpaired) electrons. The van der Waals surface area contributed by atoms with Crippen LogP contribution in [-0.4, -0.2) is 62.0 Å². The summed E-state index contributed by atoms with van der Waals surface area (Å²) in [5.41, 5.74) is 0. The topological polar surface area (TPSA) is 55.8 Å². The number of carbonyl (C=O) groups is 2. The van der Waals surface area contributed by atoms with Gasteiger partial charge in [0.25, 0.3) is 0 Å². The predicted molar refractivity (Wildman–Crippen MR) is 74.6 cm³/mol. The van der Waals surface area contributed by atoms with Gasteiger partial charge in [-0.15, -0.1) is 0 Å². The molecule has 0 saturated carbocycles. The van der Waals surface area contributed by atoms with Gasteiger partial charge in [-0.25, -0.2) is 9.59 Å². The molecule has 0 aromatic heterocycles. The van der Waals surface area contributed by atoms with Gasteiger partial charge in [0.2, 0.25) is 0 Å². The van der Waals surface area contributed by atoms with Crippen molar-refractivity contribution in [3.63, 3.8) is 0 Å². The molecule has 0 amide bonds. The number of rotatable bonds is 11. The summed E-state index contributed by atoms with van der Waals surface area (Å²) in [7, 11) is 0. The van der Waals surface area contributed by atoms with E-state index in [0.717, 1.165) is 0 Å². The molecule has 0 rings (SSSR count). The lowest BCUT2D eigenvalue weighted by molar-refractivity contribution is -0.199. The second kappa shape index (κ2) is 11.2. The fourth-order valence-electron chi connectivity index (χ4n) is 1.80. The van der Waals surface area contributed by atoms with Crippen molar-refractivity contribution in [3.8, 4) is 0 Å².